The summed E-state index contributed by atoms with van der Waals surface area (Å²) in [5.41, 5.74) is 6.61. The van der Waals surface area contributed by atoms with Crippen molar-refractivity contribution in [2.75, 3.05) is 31.9 Å². The number of ether oxygens (including phenoxy) is 1. The maximum absolute atomic E-state index is 12.2. The van der Waals surface area contributed by atoms with E-state index in [4.69, 9.17) is 10.5 Å². The molecule has 5 atom stereocenters. The number of likely N-dealkylation sites (tertiary alicyclic amines) is 1. The number of aliphatic hydroxyl groups excluding tert-OH is 2. The van der Waals surface area contributed by atoms with Gasteiger partial charge in [0.25, 0.3) is 5.91 Å². The van der Waals surface area contributed by atoms with E-state index in [0.717, 1.165) is 19.4 Å². The third kappa shape index (κ3) is 4.74. The fourth-order valence-electron chi connectivity index (χ4n) is 4.32. The second-order valence-corrected chi connectivity index (χ2v) is 8.57. The van der Waals surface area contributed by atoms with Crippen molar-refractivity contribution in [3.05, 3.63) is 12.2 Å². The Bertz CT molecular complexity index is 1140. The Labute approximate surface area is 196 Å². The highest BCUT2D eigenvalue weighted by atomic mass is 16.6. The number of aliphatic hydroxyl groups is 2. The van der Waals surface area contributed by atoms with Crippen LogP contribution in [0.5, 0.6) is 0 Å². The quantitative estimate of drug-likeness (QED) is 0.389. The minimum Gasteiger partial charge on any atom is -0.387 e. The number of Topliss-reactive ketones (excluding diaryl/α,β-unsaturated/α-hetero) is 1. The number of rotatable bonds is 5. The van der Waals surface area contributed by atoms with Crippen LogP contribution in [-0.2, 0) is 14.3 Å². The lowest BCUT2D eigenvalue weighted by Crippen LogP contribution is -2.42. The fraction of sp³-hybridized carbons (Fsp3) is 0.591. The van der Waals surface area contributed by atoms with Gasteiger partial charge in [-0.2, -0.15) is 0 Å². The van der Waals surface area contributed by atoms with Gasteiger partial charge in [-0.3, -0.25) is 19.1 Å². The summed E-state index contributed by atoms with van der Waals surface area (Å²) in [6, 6.07) is 0. The summed E-state index contributed by atoms with van der Waals surface area (Å²) < 4.78 is 7.07. The van der Waals surface area contributed by atoms with Gasteiger partial charge >= 0.3 is 0 Å². The number of amides is 1. The van der Waals surface area contributed by atoms with Crippen LogP contribution in [0.2, 0.25) is 0 Å². The van der Waals surface area contributed by atoms with Crippen LogP contribution in [0, 0.1) is 17.8 Å². The molecule has 2 unspecified atom stereocenters. The highest BCUT2D eigenvalue weighted by Crippen LogP contribution is 2.32. The van der Waals surface area contributed by atoms with Crippen molar-refractivity contribution in [3.63, 3.8) is 0 Å². The number of nitrogens with one attached hydrogen (secondary N) is 1. The lowest BCUT2D eigenvalue weighted by atomic mass is 9.95. The molecule has 182 valence electrons. The van der Waals surface area contributed by atoms with Gasteiger partial charge < -0.3 is 26.0 Å². The van der Waals surface area contributed by atoms with E-state index in [-0.39, 0.29) is 34.5 Å². The normalized spacial score (nSPS) is 27.4. The number of aromatic nitrogens is 4. The minimum atomic E-state index is -1.42. The van der Waals surface area contributed by atoms with E-state index in [0.29, 0.717) is 19.6 Å². The Kier molecular flexibility index (Phi) is 7.08. The van der Waals surface area contributed by atoms with Crippen molar-refractivity contribution in [3.8, 4) is 11.8 Å². The molecule has 2 aromatic heterocycles. The highest BCUT2D eigenvalue weighted by Gasteiger charge is 2.47. The summed E-state index contributed by atoms with van der Waals surface area (Å²) in [4.78, 5) is 38.8. The number of hydrogen-bond donors (Lipinski definition) is 4. The molecule has 0 bridgehead atoms. The molecule has 5 N–H and O–H groups in total. The highest BCUT2D eigenvalue weighted by molar-refractivity contribution is 5.83. The zero-order chi connectivity index (χ0) is 24.4. The first-order chi connectivity index (χ1) is 16.3. The average molecular weight is 472 g/mol. The molecule has 0 aromatic carbocycles. The number of hydrogen-bond acceptors (Lipinski definition) is 10. The predicted molar refractivity (Wildman–Crippen MR) is 121 cm³/mol. The molecule has 4 heterocycles. The van der Waals surface area contributed by atoms with Gasteiger partial charge in [0.05, 0.1) is 12.9 Å². The molecule has 12 heteroatoms. The number of likely N-dealkylation sites (N-methyl/N-ethyl adjacent to an activating group) is 1. The van der Waals surface area contributed by atoms with E-state index in [1.54, 1.807) is 13.8 Å². The molecular formula is C22H29N7O5. The average Bonchev–Trinajstić information content (AvgIpc) is 3.35. The Hall–Kier alpha value is -3.11. The van der Waals surface area contributed by atoms with Crippen molar-refractivity contribution in [1.82, 2.24) is 29.7 Å². The number of imidazole rings is 1. The van der Waals surface area contributed by atoms with Gasteiger partial charge in [0.2, 0.25) is 5.82 Å². The molecule has 2 saturated heterocycles. The molecule has 1 amide bonds. The van der Waals surface area contributed by atoms with Crippen molar-refractivity contribution < 1.29 is 24.5 Å². The lowest BCUT2D eigenvalue weighted by Gasteiger charge is -2.29. The molecule has 2 aliphatic heterocycles. The van der Waals surface area contributed by atoms with E-state index in [9.17, 15) is 19.8 Å². The monoisotopic (exact) mass is 471 g/mol. The number of nitrogen functional groups attached to an aromatic ring is 1. The third-order valence-corrected chi connectivity index (χ3v) is 6.15. The molecule has 2 aliphatic rings. The Morgan fingerprint density at radius 3 is 2.85 bits per heavy atom. The van der Waals surface area contributed by atoms with Crippen molar-refractivity contribution >= 4 is 28.7 Å². The van der Waals surface area contributed by atoms with Gasteiger partial charge in [-0.1, -0.05) is 5.92 Å². The van der Waals surface area contributed by atoms with Gasteiger partial charge in [0.15, 0.2) is 23.8 Å². The Balaban J connectivity index is 1.55. The summed E-state index contributed by atoms with van der Waals surface area (Å²) in [6.07, 6.45) is -1.92. The molecule has 4 rings (SSSR count). The predicted octanol–water partition coefficient (Wildman–Crippen LogP) is -1.18. The molecule has 0 saturated carbocycles. The van der Waals surface area contributed by atoms with Gasteiger partial charge in [0.1, 0.15) is 23.5 Å². The molecule has 2 aromatic rings. The number of ketones is 1. The largest absolute Gasteiger partial charge is 0.387 e. The van der Waals surface area contributed by atoms with Crippen molar-refractivity contribution in [1.29, 1.82) is 0 Å². The van der Waals surface area contributed by atoms with Gasteiger partial charge in [-0.15, -0.1) is 0 Å². The maximum atomic E-state index is 12.2. The molecule has 12 nitrogen and oxygen atoms in total. The van der Waals surface area contributed by atoms with Crippen LogP contribution in [0.3, 0.4) is 0 Å². The smallest absolute Gasteiger partial charge is 0.252 e. The number of fused-ring (bicyclic) bond motifs is 1. The summed E-state index contributed by atoms with van der Waals surface area (Å²) >= 11 is 0. The van der Waals surface area contributed by atoms with E-state index in [1.807, 2.05) is 0 Å². The number of piperidine rings is 1. The van der Waals surface area contributed by atoms with Crippen LogP contribution in [0.25, 0.3) is 11.2 Å². The SMILES string of the molecule is CCNC(=O)[C@H]1O[C@@H](n2cnc3c(N)nc(C#CCN4CCCC(C(C)=O)C4)nc32)[C@@H](O)C1O. The molecular weight excluding hydrogens is 442 g/mol. The standard InChI is InChI=1S/C22H29N7O5/c1-3-24-21(33)18-16(31)17(32)22(34-18)29-11-25-15-19(23)26-14(27-20(15)29)7-5-9-28-8-4-6-13(10-28)12(2)30/h11,13,16-18,22,31-32H,3-4,6,8-10H2,1-2H3,(H,24,33)(H2,23,26,27)/t13?,16?,17-,18-,22+/m0/s1. The zero-order valence-electron chi connectivity index (χ0n) is 19.1. The second kappa shape index (κ2) is 10.0. The lowest BCUT2D eigenvalue weighted by molar-refractivity contribution is -0.137. The Morgan fingerprint density at radius 1 is 1.32 bits per heavy atom. The first-order valence-electron chi connectivity index (χ1n) is 11.3. The van der Waals surface area contributed by atoms with E-state index in [2.05, 4.69) is 37.0 Å². The number of anilines is 1. The fourth-order valence-corrected chi connectivity index (χ4v) is 4.32. The van der Waals surface area contributed by atoms with Gasteiger partial charge in [-0.25, -0.2) is 15.0 Å². The molecule has 2 fully saturated rings. The van der Waals surface area contributed by atoms with Crippen LogP contribution < -0.4 is 11.1 Å². The second-order valence-electron chi connectivity index (χ2n) is 8.57. The first-order valence-corrected chi connectivity index (χ1v) is 11.3. The molecule has 0 radical (unpaired) electrons. The minimum absolute atomic E-state index is 0.0459. The number of carbonyl (C=O) groups excluding carboxylic acids is 2. The van der Waals surface area contributed by atoms with Gasteiger partial charge in [0, 0.05) is 19.0 Å². The van der Waals surface area contributed by atoms with Crippen LogP contribution in [-0.4, -0.2) is 90.8 Å². The van der Waals surface area contributed by atoms with E-state index < -0.39 is 30.4 Å². The summed E-state index contributed by atoms with van der Waals surface area (Å²) in [5, 5.41) is 23.4. The molecule has 0 spiro atoms. The number of carbonyl (C=O) groups is 2. The molecule has 34 heavy (non-hydrogen) atoms. The maximum Gasteiger partial charge on any atom is 0.252 e. The van der Waals surface area contributed by atoms with Crippen LogP contribution in [0.15, 0.2) is 6.33 Å². The van der Waals surface area contributed by atoms with Crippen LogP contribution in [0.4, 0.5) is 5.82 Å². The first kappa shape index (κ1) is 24.0. The molecule has 0 aliphatic carbocycles. The van der Waals surface area contributed by atoms with Crippen LogP contribution >= 0.6 is 0 Å². The third-order valence-electron chi connectivity index (χ3n) is 6.15. The number of nitrogens with zero attached hydrogens (tertiary/aromatic N) is 5. The summed E-state index contributed by atoms with van der Waals surface area (Å²) in [5.74, 6) is 5.94. The topological polar surface area (TPSA) is 169 Å². The van der Waals surface area contributed by atoms with Crippen molar-refractivity contribution in [2.24, 2.45) is 5.92 Å². The Morgan fingerprint density at radius 2 is 2.12 bits per heavy atom. The van der Waals surface area contributed by atoms with Crippen LogP contribution in [0.1, 0.15) is 38.7 Å². The zero-order valence-corrected chi connectivity index (χ0v) is 19.1. The number of nitrogens with two attached hydrogens (primary N) is 1. The van der Waals surface area contributed by atoms with E-state index in [1.165, 1.54) is 10.9 Å². The summed E-state index contributed by atoms with van der Waals surface area (Å²) in [7, 11) is 0. The van der Waals surface area contributed by atoms with E-state index >= 15 is 0 Å². The summed E-state index contributed by atoms with van der Waals surface area (Å²) in [6.45, 7) is 5.75. The van der Waals surface area contributed by atoms with Crippen molar-refractivity contribution in [2.45, 2.75) is 51.2 Å². The van der Waals surface area contributed by atoms with Gasteiger partial charge in [-0.05, 0) is 39.2 Å².